The minimum atomic E-state index is -3.50. The summed E-state index contributed by atoms with van der Waals surface area (Å²) in [4.78, 5) is 0.247. The van der Waals surface area contributed by atoms with Crippen molar-refractivity contribution in [3.8, 4) is 6.07 Å². The van der Waals surface area contributed by atoms with Crippen LogP contribution in [0.3, 0.4) is 0 Å². The summed E-state index contributed by atoms with van der Waals surface area (Å²) in [6.07, 6.45) is 5.11. The monoisotopic (exact) mass is 306 g/mol. The maximum absolute atomic E-state index is 12.5. The summed E-state index contributed by atoms with van der Waals surface area (Å²) in [5.41, 5.74) is 1.20. The molecule has 1 aromatic carbocycles. The summed E-state index contributed by atoms with van der Waals surface area (Å²) in [6, 6.07) is 6.72. The SMILES string of the molecule is Cc1cc(S(=O)(=O)NC2CCCC(C)CC2)ccc1C#N. The zero-order valence-electron chi connectivity index (χ0n) is 12.6. The van der Waals surface area contributed by atoms with E-state index in [1.807, 2.05) is 0 Å². The Balaban J connectivity index is 2.15. The van der Waals surface area contributed by atoms with Crippen LogP contribution in [0.15, 0.2) is 23.1 Å². The van der Waals surface area contributed by atoms with Crippen molar-refractivity contribution in [2.45, 2.75) is 56.9 Å². The maximum atomic E-state index is 12.5. The molecule has 2 rings (SSSR count). The second-order valence-electron chi connectivity index (χ2n) is 6.02. The Kier molecular flexibility index (Phi) is 5.02. The lowest BCUT2D eigenvalue weighted by atomic mass is 10.0. The van der Waals surface area contributed by atoms with Gasteiger partial charge in [0.05, 0.1) is 16.5 Å². The molecule has 5 heteroatoms. The van der Waals surface area contributed by atoms with Crippen molar-refractivity contribution in [2.75, 3.05) is 0 Å². The van der Waals surface area contributed by atoms with Gasteiger partial charge in [-0.05, 0) is 55.9 Å². The highest BCUT2D eigenvalue weighted by atomic mass is 32.2. The van der Waals surface area contributed by atoms with Gasteiger partial charge in [-0.25, -0.2) is 13.1 Å². The van der Waals surface area contributed by atoms with Crippen LogP contribution in [0, 0.1) is 24.2 Å². The summed E-state index contributed by atoms with van der Waals surface area (Å²) < 4.78 is 27.7. The minimum absolute atomic E-state index is 0.0240. The van der Waals surface area contributed by atoms with E-state index in [4.69, 9.17) is 5.26 Å². The zero-order chi connectivity index (χ0) is 15.5. The second-order valence-corrected chi connectivity index (χ2v) is 7.73. The number of hydrogen-bond donors (Lipinski definition) is 1. The molecule has 1 aliphatic rings. The van der Waals surface area contributed by atoms with E-state index in [1.165, 1.54) is 12.5 Å². The van der Waals surface area contributed by atoms with E-state index in [0.29, 0.717) is 17.0 Å². The van der Waals surface area contributed by atoms with Gasteiger partial charge in [-0.15, -0.1) is 0 Å². The standard InChI is InChI=1S/C16H22N2O2S/c1-12-4-3-5-15(8-6-12)18-21(19,20)16-9-7-14(11-17)13(2)10-16/h7,9-10,12,15,18H,3-6,8H2,1-2H3. The van der Waals surface area contributed by atoms with Crippen molar-refractivity contribution in [1.29, 1.82) is 5.26 Å². The molecule has 21 heavy (non-hydrogen) atoms. The summed E-state index contributed by atoms with van der Waals surface area (Å²) in [5, 5.41) is 8.91. The topological polar surface area (TPSA) is 70.0 Å². The number of aryl methyl sites for hydroxylation is 1. The largest absolute Gasteiger partial charge is 0.240 e. The molecule has 0 saturated heterocycles. The molecule has 0 spiro atoms. The summed E-state index contributed by atoms with van der Waals surface area (Å²) in [5.74, 6) is 0.677. The number of nitriles is 1. The summed E-state index contributed by atoms with van der Waals surface area (Å²) >= 11 is 0. The van der Waals surface area contributed by atoms with Crippen LogP contribution < -0.4 is 4.72 Å². The van der Waals surface area contributed by atoms with Gasteiger partial charge in [0.1, 0.15) is 0 Å². The molecule has 1 N–H and O–H groups in total. The molecule has 114 valence electrons. The highest BCUT2D eigenvalue weighted by Gasteiger charge is 2.23. The molecule has 2 unspecified atom stereocenters. The van der Waals surface area contributed by atoms with E-state index >= 15 is 0 Å². The quantitative estimate of drug-likeness (QED) is 0.872. The van der Waals surface area contributed by atoms with Crippen molar-refractivity contribution in [3.63, 3.8) is 0 Å². The first-order chi connectivity index (χ1) is 9.92. The van der Waals surface area contributed by atoms with E-state index in [1.54, 1.807) is 19.1 Å². The Morgan fingerprint density at radius 2 is 2.00 bits per heavy atom. The average molecular weight is 306 g/mol. The molecular weight excluding hydrogens is 284 g/mol. The Bertz CT molecular complexity index is 647. The van der Waals surface area contributed by atoms with Gasteiger partial charge in [-0.3, -0.25) is 0 Å². The van der Waals surface area contributed by atoms with Gasteiger partial charge in [0.15, 0.2) is 0 Å². The van der Waals surface area contributed by atoms with Crippen LogP contribution in [0.1, 0.15) is 50.2 Å². The van der Waals surface area contributed by atoms with Crippen LogP contribution in [0.4, 0.5) is 0 Å². The van der Waals surface area contributed by atoms with E-state index in [2.05, 4.69) is 17.7 Å². The molecule has 2 atom stereocenters. The van der Waals surface area contributed by atoms with Gasteiger partial charge < -0.3 is 0 Å². The fourth-order valence-corrected chi connectivity index (χ4v) is 4.21. The van der Waals surface area contributed by atoms with Crippen molar-refractivity contribution >= 4 is 10.0 Å². The number of nitrogens with zero attached hydrogens (tertiary/aromatic N) is 1. The lowest BCUT2D eigenvalue weighted by molar-refractivity contribution is 0.484. The number of rotatable bonds is 3. The normalized spacial score (nSPS) is 23.3. The molecule has 1 fully saturated rings. The zero-order valence-corrected chi connectivity index (χ0v) is 13.4. The highest BCUT2D eigenvalue weighted by molar-refractivity contribution is 7.89. The molecule has 0 heterocycles. The summed E-state index contributed by atoms with van der Waals surface area (Å²) in [6.45, 7) is 3.98. The van der Waals surface area contributed by atoms with Crippen LogP contribution in [-0.2, 0) is 10.0 Å². The maximum Gasteiger partial charge on any atom is 0.240 e. The fraction of sp³-hybridized carbons (Fsp3) is 0.562. The molecule has 0 amide bonds. The Labute approximate surface area is 127 Å². The molecule has 0 radical (unpaired) electrons. The molecule has 1 saturated carbocycles. The molecule has 1 aliphatic carbocycles. The lowest BCUT2D eigenvalue weighted by Gasteiger charge is -2.17. The molecule has 4 nitrogen and oxygen atoms in total. The Morgan fingerprint density at radius 3 is 2.67 bits per heavy atom. The van der Waals surface area contributed by atoms with Crippen LogP contribution in [0.2, 0.25) is 0 Å². The third-order valence-corrected chi connectivity index (χ3v) is 5.73. The molecule has 0 aromatic heterocycles. The first kappa shape index (κ1) is 16.0. The average Bonchev–Trinajstić information content (AvgIpc) is 2.63. The van der Waals surface area contributed by atoms with Crippen molar-refractivity contribution in [1.82, 2.24) is 4.72 Å². The van der Waals surface area contributed by atoms with Crippen LogP contribution in [0.25, 0.3) is 0 Å². The number of sulfonamides is 1. The minimum Gasteiger partial charge on any atom is -0.208 e. The van der Waals surface area contributed by atoms with Gasteiger partial charge in [0.25, 0.3) is 0 Å². The van der Waals surface area contributed by atoms with E-state index < -0.39 is 10.0 Å². The first-order valence-electron chi connectivity index (χ1n) is 7.45. The van der Waals surface area contributed by atoms with Gasteiger partial charge >= 0.3 is 0 Å². The van der Waals surface area contributed by atoms with Gasteiger partial charge in [0, 0.05) is 6.04 Å². The van der Waals surface area contributed by atoms with E-state index in [9.17, 15) is 8.42 Å². The van der Waals surface area contributed by atoms with Gasteiger partial charge in [0.2, 0.25) is 10.0 Å². The molecule has 0 aliphatic heterocycles. The summed E-state index contributed by atoms with van der Waals surface area (Å²) in [7, 11) is -3.50. The Hall–Kier alpha value is -1.38. The van der Waals surface area contributed by atoms with Crippen molar-refractivity contribution in [3.05, 3.63) is 29.3 Å². The molecule has 0 bridgehead atoms. The van der Waals surface area contributed by atoms with Crippen LogP contribution >= 0.6 is 0 Å². The lowest BCUT2D eigenvalue weighted by Crippen LogP contribution is -2.34. The first-order valence-corrected chi connectivity index (χ1v) is 8.94. The Morgan fingerprint density at radius 1 is 1.24 bits per heavy atom. The van der Waals surface area contributed by atoms with Crippen molar-refractivity contribution in [2.24, 2.45) is 5.92 Å². The smallest absolute Gasteiger partial charge is 0.208 e. The van der Waals surface area contributed by atoms with Crippen molar-refractivity contribution < 1.29 is 8.42 Å². The fourth-order valence-electron chi connectivity index (χ4n) is 2.82. The number of hydrogen-bond acceptors (Lipinski definition) is 3. The van der Waals surface area contributed by atoms with E-state index in [-0.39, 0.29) is 10.9 Å². The highest BCUT2D eigenvalue weighted by Crippen LogP contribution is 2.24. The van der Waals surface area contributed by atoms with Crippen LogP contribution in [-0.4, -0.2) is 14.5 Å². The third kappa shape index (κ3) is 4.05. The second kappa shape index (κ2) is 6.59. The molecule has 1 aromatic rings. The predicted octanol–water partition coefficient (Wildman–Crippen LogP) is 3.11. The van der Waals surface area contributed by atoms with Gasteiger partial charge in [-0.2, -0.15) is 5.26 Å². The van der Waals surface area contributed by atoms with Crippen LogP contribution in [0.5, 0.6) is 0 Å². The predicted molar refractivity (Wildman–Crippen MR) is 82.3 cm³/mol. The van der Waals surface area contributed by atoms with E-state index in [0.717, 1.165) is 25.7 Å². The molecular formula is C16H22N2O2S. The van der Waals surface area contributed by atoms with Gasteiger partial charge in [-0.1, -0.05) is 19.8 Å². The number of nitrogens with one attached hydrogen (secondary N) is 1. The number of benzene rings is 1. The third-order valence-electron chi connectivity index (χ3n) is 4.21.